The summed E-state index contributed by atoms with van der Waals surface area (Å²) < 4.78 is 5.10. The predicted molar refractivity (Wildman–Crippen MR) is 89.3 cm³/mol. The van der Waals surface area contributed by atoms with Crippen LogP contribution >= 0.6 is 35.0 Å². The van der Waals surface area contributed by atoms with Gasteiger partial charge in [-0.05, 0) is 37.5 Å². The molecule has 1 aromatic rings. The summed E-state index contributed by atoms with van der Waals surface area (Å²) in [5.41, 5.74) is 0.978. The molecule has 1 N–H and O–H groups in total. The highest BCUT2D eigenvalue weighted by molar-refractivity contribution is 7.99. The van der Waals surface area contributed by atoms with Gasteiger partial charge >= 0.3 is 5.97 Å². The van der Waals surface area contributed by atoms with Crippen molar-refractivity contribution in [3.05, 3.63) is 33.8 Å². The average Bonchev–Trinajstić information content (AvgIpc) is 3.26. The molecule has 1 fully saturated rings. The molecule has 4 nitrogen and oxygen atoms in total. The molecule has 0 bridgehead atoms. The fourth-order valence-electron chi connectivity index (χ4n) is 1.71. The van der Waals surface area contributed by atoms with Gasteiger partial charge in [-0.3, -0.25) is 9.59 Å². The van der Waals surface area contributed by atoms with Gasteiger partial charge in [0.25, 0.3) is 5.91 Å². The van der Waals surface area contributed by atoms with Crippen LogP contribution in [0.3, 0.4) is 0 Å². The summed E-state index contributed by atoms with van der Waals surface area (Å²) in [7, 11) is 0. The zero-order valence-corrected chi connectivity index (χ0v) is 14.4. The second-order valence-electron chi connectivity index (χ2n) is 5.16. The van der Waals surface area contributed by atoms with Crippen LogP contribution in [0.15, 0.2) is 18.2 Å². The smallest absolute Gasteiger partial charge is 0.316 e. The highest BCUT2D eigenvalue weighted by Crippen LogP contribution is 2.24. The molecule has 1 saturated carbocycles. The summed E-state index contributed by atoms with van der Waals surface area (Å²) in [6.07, 6.45) is 1.26. The van der Waals surface area contributed by atoms with Gasteiger partial charge in [0.15, 0.2) is 6.10 Å². The molecule has 0 heterocycles. The van der Waals surface area contributed by atoms with Gasteiger partial charge in [0.1, 0.15) is 0 Å². The first-order valence-corrected chi connectivity index (χ1v) is 8.88. The summed E-state index contributed by atoms with van der Waals surface area (Å²) >= 11 is 13.2. The van der Waals surface area contributed by atoms with Gasteiger partial charge in [-0.2, -0.15) is 0 Å². The second-order valence-corrected chi connectivity index (χ2v) is 6.96. The van der Waals surface area contributed by atoms with Crippen molar-refractivity contribution in [3.63, 3.8) is 0 Å². The van der Waals surface area contributed by atoms with E-state index in [1.54, 1.807) is 19.1 Å². The van der Waals surface area contributed by atoms with Gasteiger partial charge in [-0.1, -0.05) is 29.3 Å². The Morgan fingerprint density at radius 1 is 1.36 bits per heavy atom. The first-order valence-electron chi connectivity index (χ1n) is 6.97. The zero-order chi connectivity index (χ0) is 16.1. The normalized spacial score (nSPS) is 15.2. The van der Waals surface area contributed by atoms with Crippen molar-refractivity contribution in [3.8, 4) is 0 Å². The Hall–Kier alpha value is -0.910. The summed E-state index contributed by atoms with van der Waals surface area (Å²) in [4.78, 5) is 23.4. The molecule has 0 unspecified atom stereocenters. The number of ether oxygens (including phenoxy) is 1. The lowest BCUT2D eigenvalue weighted by molar-refractivity contribution is -0.152. The SMILES string of the molecule is C[C@@H](OC(=O)CSCc1ccc(Cl)c(Cl)c1)C(=O)NC1CC1. The number of halogens is 2. The van der Waals surface area contributed by atoms with Crippen LogP contribution < -0.4 is 5.32 Å². The molecular formula is C15H17Cl2NO3S. The highest BCUT2D eigenvalue weighted by atomic mass is 35.5. The number of carbonyl (C=O) groups is 2. The first-order chi connectivity index (χ1) is 10.5. The minimum absolute atomic E-state index is 0.182. The van der Waals surface area contributed by atoms with E-state index >= 15 is 0 Å². The quantitative estimate of drug-likeness (QED) is 0.755. The maximum atomic E-state index is 11.7. The number of benzene rings is 1. The van der Waals surface area contributed by atoms with Crippen LogP contribution in [0, 0.1) is 0 Å². The van der Waals surface area contributed by atoms with Crippen LogP contribution in [0.5, 0.6) is 0 Å². The van der Waals surface area contributed by atoms with Gasteiger partial charge in [0, 0.05) is 11.8 Å². The van der Waals surface area contributed by atoms with E-state index in [1.165, 1.54) is 11.8 Å². The van der Waals surface area contributed by atoms with Crippen LogP contribution in [-0.2, 0) is 20.1 Å². The van der Waals surface area contributed by atoms with Gasteiger partial charge < -0.3 is 10.1 Å². The molecular weight excluding hydrogens is 345 g/mol. The summed E-state index contributed by atoms with van der Waals surface area (Å²) in [5.74, 6) is 0.171. The van der Waals surface area contributed by atoms with Crippen LogP contribution in [-0.4, -0.2) is 29.8 Å². The Morgan fingerprint density at radius 2 is 2.09 bits per heavy atom. The molecule has 0 radical (unpaired) electrons. The van der Waals surface area contributed by atoms with E-state index in [-0.39, 0.29) is 17.7 Å². The largest absolute Gasteiger partial charge is 0.452 e. The monoisotopic (exact) mass is 361 g/mol. The molecule has 0 aliphatic heterocycles. The number of nitrogens with one attached hydrogen (secondary N) is 1. The van der Waals surface area contributed by atoms with E-state index in [0.717, 1.165) is 18.4 Å². The van der Waals surface area contributed by atoms with Crippen molar-refractivity contribution in [1.82, 2.24) is 5.32 Å². The number of carbonyl (C=O) groups excluding carboxylic acids is 2. The molecule has 0 aromatic heterocycles. The fourth-order valence-corrected chi connectivity index (χ4v) is 2.79. The molecule has 1 atom stereocenters. The molecule has 120 valence electrons. The third-order valence-corrected chi connectivity index (χ3v) is 4.79. The van der Waals surface area contributed by atoms with Crippen molar-refractivity contribution in [2.45, 2.75) is 37.7 Å². The third-order valence-electron chi connectivity index (χ3n) is 3.07. The van der Waals surface area contributed by atoms with E-state index in [2.05, 4.69) is 5.32 Å². The average molecular weight is 362 g/mol. The molecule has 7 heteroatoms. The van der Waals surface area contributed by atoms with Crippen molar-refractivity contribution >= 4 is 46.8 Å². The lowest BCUT2D eigenvalue weighted by Gasteiger charge is -2.13. The highest BCUT2D eigenvalue weighted by Gasteiger charge is 2.27. The summed E-state index contributed by atoms with van der Waals surface area (Å²) in [5, 5.41) is 3.80. The Kier molecular flexibility index (Phi) is 6.41. The zero-order valence-electron chi connectivity index (χ0n) is 12.1. The number of hydrogen-bond acceptors (Lipinski definition) is 4. The van der Waals surface area contributed by atoms with Gasteiger partial charge in [-0.15, -0.1) is 11.8 Å². The standard InChI is InChI=1S/C15H17Cl2NO3S/c1-9(15(20)18-11-3-4-11)21-14(19)8-22-7-10-2-5-12(16)13(17)6-10/h2,5-6,9,11H,3-4,7-8H2,1H3,(H,18,20)/t9-/m1/s1. The van der Waals surface area contributed by atoms with Crippen LogP contribution in [0.2, 0.25) is 10.0 Å². The Bertz CT molecular complexity index is 564. The van der Waals surface area contributed by atoms with E-state index < -0.39 is 12.1 Å². The van der Waals surface area contributed by atoms with Crippen LogP contribution in [0.1, 0.15) is 25.3 Å². The minimum atomic E-state index is -0.751. The van der Waals surface area contributed by atoms with Crippen LogP contribution in [0.4, 0.5) is 0 Å². The molecule has 0 spiro atoms. The second kappa shape index (κ2) is 8.09. The maximum absolute atomic E-state index is 11.7. The molecule has 2 rings (SSSR count). The molecule has 0 saturated heterocycles. The van der Waals surface area contributed by atoms with E-state index in [1.807, 2.05) is 6.07 Å². The number of hydrogen-bond donors (Lipinski definition) is 1. The maximum Gasteiger partial charge on any atom is 0.316 e. The van der Waals surface area contributed by atoms with Crippen molar-refractivity contribution in [2.24, 2.45) is 0 Å². The van der Waals surface area contributed by atoms with Crippen molar-refractivity contribution in [1.29, 1.82) is 0 Å². The van der Waals surface area contributed by atoms with Gasteiger partial charge in [0.2, 0.25) is 0 Å². The summed E-state index contributed by atoms with van der Waals surface area (Å²) in [6.45, 7) is 1.58. The predicted octanol–water partition coefficient (Wildman–Crippen LogP) is 3.44. The Balaban J connectivity index is 1.68. The van der Waals surface area contributed by atoms with Crippen molar-refractivity contribution < 1.29 is 14.3 Å². The fraction of sp³-hybridized carbons (Fsp3) is 0.467. The van der Waals surface area contributed by atoms with Gasteiger partial charge in [0.05, 0.1) is 15.8 Å². The molecule has 22 heavy (non-hydrogen) atoms. The molecule has 1 aliphatic carbocycles. The minimum Gasteiger partial charge on any atom is -0.452 e. The van der Waals surface area contributed by atoms with E-state index in [0.29, 0.717) is 15.8 Å². The number of amides is 1. The van der Waals surface area contributed by atoms with E-state index in [9.17, 15) is 9.59 Å². The van der Waals surface area contributed by atoms with E-state index in [4.69, 9.17) is 27.9 Å². The number of thioether (sulfide) groups is 1. The molecule has 1 aliphatic rings. The third kappa shape index (κ3) is 5.71. The number of rotatable bonds is 7. The van der Waals surface area contributed by atoms with Crippen molar-refractivity contribution in [2.75, 3.05) is 5.75 Å². The Labute approximate surface area is 143 Å². The lowest BCUT2D eigenvalue weighted by Crippen LogP contribution is -2.37. The summed E-state index contributed by atoms with van der Waals surface area (Å²) in [6, 6.07) is 5.62. The Morgan fingerprint density at radius 3 is 2.73 bits per heavy atom. The topological polar surface area (TPSA) is 55.4 Å². The number of esters is 1. The molecule has 1 aromatic carbocycles. The molecule has 1 amide bonds. The lowest BCUT2D eigenvalue weighted by atomic mass is 10.2. The first kappa shape index (κ1) is 17.4. The van der Waals surface area contributed by atoms with Crippen LogP contribution in [0.25, 0.3) is 0 Å². The van der Waals surface area contributed by atoms with Gasteiger partial charge in [-0.25, -0.2) is 0 Å².